The van der Waals surface area contributed by atoms with Crippen molar-refractivity contribution in [1.29, 1.82) is 0 Å². The van der Waals surface area contributed by atoms with Gasteiger partial charge in [-0.2, -0.15) is 4.31 Å². The summed E-state index contributed by atoms with van der Waals surface area (Å²) in [5.74, 6) is -0.776. The Morgan fingerprint density at radius 1 is 1.20 bits per heavy atom. The van der Waals surface area contributed by atoms with Gasteiger partial charge in [-0.25, -0.2) is 13.2 Å². The van der Waals surface area contributed by atoms with Crippen molar-refractivity contribution in [2.45, 2.75) is 11.4 Å². The molecule has 0 radical (unpaired) electrons. The van der Waals surface area contributed by atoms with E-state index in [1.54, 1.807) is 24.3 Å². The molecule has 0 fully saturated rings. The van der Waals surface area contributed by atoms with E-state index in [2.05, 4.69) is 4.74 Å². The summed E-state index contributed by atoms with van der Waals surface area (Å²) in [5.41, 5.74) is 6.56. The van der Waals surface area contributed by atoms with E-state index in [1.165, 1.54) is 25.3 Å². The van der Waals surface area contributed by atoms with E-state index in [-0.39, 0.29) is 35.8 Å². The van der Waals surface area contributed by atoms with E-state index < -0.39 is 16.0 Å². The number of aliphatic hydroxyl groups excluding tert-OH is 1. The standard InChI is InChI=1S/C17H20N2O5S/c1-24-17(21)15-8-7-14(18)11-16(15)25(22,23)19(9-10-20)12-13-5-3-2-4-6-13/h2-8,11,20H,9-10,12,18H2,1H3. The number of anilines is 1. The first-order valence-electron chi connectivity index (χ1n) is 7.53. The zero-order valence-corrected chi connectivity index (χ0v) is 14.6. The number of aliphatic hydroxyl groups is 1. The van der Waals surface area contributed by atoms with E-state index in [1.807, 2.05) is 6.07 Å². The highest BCUT2D eigenvalue weighted by Crippen LogP contribution is 2.25. The van der Waals surface area contributed by atoms with Gasteiger partial charge in [0.25, 0.3) is 0 Å². The second-order valence-electron chi connectivity index (χ2n) is 5.29. The maximum Gasteiger partial charge on any atom is 0.339 e. The summed E-state index contributed by atoms with van der Waals surface area (Å²) in [4.78, 5) is 11.7. The summed E-state index contributed by atoms with van der Waals surface area (Å²) >= 11 is 0. The molecule has 0 aliphatic carbocycles. The van der Waals surface area contributed by atoms with E-state index in [0.29, 0.717) is 0 Å². The van der Waals surface area contributed by atoms with Crippen LogP contribution in [0.15, 0.2) is 53.4 Å². The van der Waals surface area contributed by atoms with Crippen molar-refractivity contribution in [2.75, 3.05) is 26.0 Å². The molecule has 0 saturated heterocycles. The molecule has 8 heteroatoms. The van der Waals surface area contributed by atoms with Crippen molar-refractivity contribution in [1.82, 2.24) is 4.31 Å². The van der Waals surface area contributed by atoms with Crippen LogP contribution < -0.4 is 5.73 Å². The molecule has 0 spiro atoms. The molecule has 0 unspecified atom stereocenters. The lowest BCUT2D eigenvalue weighted by atomic mass is 10.2. The number of sulfonamides is 1. The van der Waals surface area contributed by atoms with Crippen LogP contribution in [-0.2, 0) is 21.3 Å². The second-order valence-corrected chi connectivity index (χ2v) is 7.20. The molecule has 7 nitrogen and oxygen atoms in total. The van der Waals surface area contributed by atoms with E-state index in [9.17, 15) is 18.3 Å². The molecule has 2 aromatic rings. The normalized spacial score (nSPS) is 11.5. The maximum absolute atomic E-state index is 13.1. The number of hydrogen-bond donors (Lipinski definition) is 2. The number of nitrogens with two attached hydrogens (primary N) is 1. The van der Waals surface area contributed by atoms with Gasteiger partial charge in [-0.1, -0.05) is 30.3 Å². The average Bonchev–Trinajstić information content (AvgIpc) is 2.61. The fraction of sp³-hybridized carbons (Fsp3) is 0.235. The lowest BCUT2D eigenvalue weighted by Crippen LogP contribution is -2.34. The lowest BCUT2D eigenvalue weighted by molar-refractivity contribution is 0.0596. The van der Waals surface area contributed by atoms with Crippen LogP contribution in [0.4, 0.5) is 5.69 Å². The maximum atomic E-state index is 13.1. The van der Waals surface area contributed by atoms with Crippen LogP contribution in [0.1, 0.15) is 15.9 Å². The monoisotopic (exact) mass is 364 g/mol. The topological polar surface area (TPSA) is 110 Å². The van der Waals surface area contributed by atoms with Gasteiger partial charge in [0.15, 0.2) is 0 Å². The number of nitrogen functional groups attached to an aromatic ring is 1. The minimum Gasteiger partial charge on any atom is -0.465 e. The van der Waals surface area contributed by atoms with Crippen molar-refractivity contribution in [3.05, 3.63) is 59.7 Å². The van der Waals surface area contributed by atoms with Crippen LogP contribution in [0, 0.1) is 0 Å². The number of methoxy groups -OCH3 is 1. The van der Waals surface area contributed by atoms with Gasteiger partial charge in [-0.05, 0) is 23.8 Å². The number of carbonyl (C=O) groups is 1. The molecule has 0 bridgehead atoms. The Morgan fingerprint density at radius 2 is 1.88 bits per heavy atom. The summed E-state index contributed by atoms with van der Waals surface area (Å²) in [6, 6.07) is 12.9. The molecule has 2 aromatic carbocycles. The van der Waals surface area contributed by atoms with Crippen LogP contribution in [0.2, 0.25) is 0 Å². The first-order chi connectivity index (χ1) is 11.9. The number of hydrogen-bond acceptors (Lipinski definition) is 6. The molecule has 0 aliphatic heterocycles. The zero-order valence-electron chi connectivity index (χ0n) is 13.8. The minimum atomic E-state index is -4.08. The minimum absolute atomic E-state index is 0.0547. The Kier molecular flexibility index (Phi) is 6.13. The molecule has 0 aromatic heterocycles. The number of carbonyl (C=O) groups excluding carboxylic acids is 1. The highest BCUT2D eigenvalue weighted by atomic mass is 32.2. The predicted molar refractivity (Wildman–Crippen MR) is 93.3 cm³/mol. The highest BCUT2D eigenvalue weighted by Gasteiger charge is 2.29. The van der Waals surface area contributed by atoms with Gasteiger partial charge in [0.1, 0.15) is 0 Å². The molecule has 3 N–H and O–H groups in total. The van der Waals surface area contributed by atoms with Gasteiger partial charge < -0.3 is 15.6 Å². The Morgan fingerprint density at radius 3 is 2.48 bits per heavy atom. The van der Waals surface area contributed by atoms with E-state index >= 15 is 0 Å². The first kappa shape index (κ1) is 18.9. The summed E-state index contributed by atoms with van der Waals surface area (Å²) in [6.07, 6.45) is 0. The molecule has 0 heterocycles. The van der Waals surface area contributed by atoms with Crippen LogP contribution in [-0.4, -0.2) is 44.1 Å². The fourth-order valence-electron chi connectivity index (χ4n) is 2.35. The SMILES string of the molecule is COC(=O)c1ccc(N)cc1S(=O)(=O)N(CCO)Cc1ccccc1. The number of rotatable bonds is 7. The van der Waals surface area contributed by atoms with Gasteiger partial charge in [0, 0.05) is 18.8 Å². The molecule has 2 rings (SSSR count). The van der Waals surface area contributed by atoms with Crippen molar-refractivity contribution in [3.63, 3.8) is 0 Å². The Bertz CT molecular complexity index is 837. The van der Waals surface area contributed by atoms with E-state index in [4.69, 9.17) is 5.73 Å². The lowest BCUT2D eigenvalue weighted by Gasteiger charge is -2.22. The number of ether oxygens (including phenoxy) is 1. The number of benzene rings is 2. The Labute approximate surface area is 146 Å². The molecule has 134 valence electrons. The summed E-state index contributed by atoms with van der Waals surface area (Å²) in [7, 11) is -2.91. The molecule has 0 atom stereocenters. The molecule has 0 aliphatic rings. The summed E-state index contributed by atoms with van der Waals surface area (Å²) in [5, 5.41) is 9.28. The van der Waals surface area contributed by atoms with Crippen molar-refractivity contribution >= 4 is 21.7 Å². The third kappa shape index (κ3) is 4.36. The smallest absolute Gasteiger partial charge is 0.339 e. The van der Waals surface area contributed by atoms with Crippen molar-refractivity contribution in [3.8, 4) is 0 Å². The third-order valence-corrected chi connectivity index (χ3v) is 5.47. The molecule has 25 heavy (non-hydrogen) atoms. The number of esters is 1. The van der Waals surface area contributed by atoms with Gasteiger partial charge in [-0.15, -0.1) is 0 Å². The van der Waals surface area contributed by atoms with Gasteiger partial charge in [0.05, 0.1) is 24.2 Å². The van der Waals surface area contributed by atoms with E-state index in [0.717, 1.165) is 9.87 Å². The largest absolute Gasteiger partial charge is 0.465 e. The first-order valence-corrected chi connectivity index (χ1v) is 8.97. The fourth-order valence-corrected chi connectivity index (χ4v) is 3.99. The zero-order chi connectivity index (χ0) is 18.4. The average molecular weight is 364 g/mol. The molecule has 0 saturated carbocycles. The predicted octanol–water partition coefficient (Wildman–Crippen LogP) is 1.24. The van der Waals surface area contributed by atoms with Gasteiger partial charge >= 0.3 is 5.97 Å². The number of nitrogens with zero attached hydrogens (tertiary/aromatic N) is 1. The van der Waals surface area contributed by atoms with Gasteiger partial charge in [0.2, 0.25) is 10.0 Å². The van der Waals surface area contributed by atoms with Crippen molar-refractivity contribution < 1.29 is 23.1 Å². The quantitative estimate of drug-likeness (QED) is 0.565. The highest BCUT2D eigenvalue weighted by molar-refractivity contribution is 7.89. The van der Waals surface area contributed by atoms with Crippen LogP contribution >= 0.6 is 0 Å². The Balaban J connectivity index is 2.50. The third-order valence-electron chi connectivity index (χ3n) is 3.58. The second kappa shape index (κ2) is 8.11. The molecule has 0 amide bonds. The Hall–Kier alpha value is -2.42. The summed E-state index contributed by atoms with van der Waals surface area (Å²) in [6.45, 7) is -0.423. The van der Waals surface area contributed by atoms with Gasteiger partial charge in [-0.3, -0.25) is 0 Å². The summed E-state index contributed by atoms with van der Waals surface area (Å²) < 4.78 is 31.9. The van der Waals surface area contributed by atoms with Crippen LogP contribution in [0.5, 0.6) is 0 Å². The molecular formula is C17H20N2O5S. The van der Waals surface area contributed by atoms with Crippen LogP contribution in [0.25, 0.3) is 0 Å². The molecular weight excluding hydrogens is 344 g/mol. The van der Waals surface area contributed by atoms with Crippen LogP contribution in [0.3, 0.4) is 0 Å². The van der Waals surface area contributed by atoms with Crippen molar-refractivity contribution in [2.24, 2.45) is 0 Å².